The Morgan fingerprint density at radius 2 is 1.90 bits per heavy atom. The van der Waals surface area contributed by atoms with Gasteiger partial charge in [-0.3, -0.25) is 4.79 Å². The molecule has 0 aliphatic carbocycles. The molecule has 1 aromatic carbocycles. The lowest BCUT2D eigenvalue weighted by molar-refractivity contribution is -0.137. The van der Waals surface area contributed by atoms with Gasteiger partial charge in [0.15, 0.2) is 0 Å². The quantitative estimate of drug-likeness (QED) is 0.677. The predicted molar refractivity (Wildman–Crippen MR) is 68.3 cm³/mol. The second-order valence-electron chi connectivity index (χ2n) is 4.33. The third-order valence-corrected chi connectivity index (χ3v) is 2.76. The number of alkyl halides is 3. The van der Waals surface area contributed by atoms with Crippen LogP contribution in [0.3, 0.4) is 0 Å². The van der Waals surface area contributed by atoms with Crippen LogP contribution in [0.1, 0.15) is 21.6 Å². The first-order valence-corrected chi connectivity index (χ1v) is 5.89. The van der Waals surface area contributed by atoms with Gasteiger partial charge in [-0.15, -0.1) is 0 Å². The first-order chi connectivity index (χ1) is 9.77. The van der Waals surface area contributed by atoms with Crippen molar-refractivity contribution >= 4 is 11.6 Å². The van der Waals surface area contributed by atoms with Crippen molar-refractivity contribution in [1.82, 2.24) is 4.98 Å². The molecule has 1 N–H and O–H groups in total. The molecule has 7 heteroatoms. The van der Waals surface area contributed by atoms with E-state index in [1.54, 1.807) is 6.92 Å². The lowest BCUT2D eigenvalue weighted by atomic mass is 10.1. The molecule has 0 radical (unpaired) electrons. The minimum absolute atomic E-state index is 0.000821. The molecular formula is C14H10F4N2O. The summed E-state index contributed by atoms with van der Waals surface area (Å²) in [6, 6.07) is 6.61. The number of nitrogens with one attached hydrogen (secondary N) is 1. The zero-order valence-electron chi connectivity index (χ0n) is 10.8. The largest absolute Gasteiger partial charge is 0.416 e. The fourth-order valence-corrected chi connectivity index (χ4v) is 1.65. The molecule has 0 saturated carbocycles. The van der Waals surface area contributed by atoms with E-state index >= 15 is 0 Å². The average molecular weight is 298 g/mol. The second kappa shape index (κ2) is 5.51. The lowest BCUT2D eigenvalue weighted by Crippen LogP contribution is -2.16. The Bertz CT molecular complexity index is 683. The van der Waals surface area contributed by atoms with E-state index in [1.807, 2.05) is 0 Å². The van der Waals surface area contributed by atoms with Gasteiger partial charge in [-0.25, -0.2) is 4.98 Å². The minimum atomic E-state index is -4.51. The van der Waals surface area contributed by atoms with E-state index in [2.05, 4.69) is 10.3 Å². The third kappa shape index (κ3) is 3.56. The number of aryl methyl sites for hydroxylation is 1. The number of amides is 1. The van der Waals surface area contributed by atoms with Gasteiger partial charge in [0.05, 0.1) is 5.56 Å². The SMILES string of the molecule is Cc1ccc(C(F)(F)F)cc1NC(=O)c1cccc(F)n1. The molecule has 1 aromatic heterocycles. The second-order valence-corrected chi connectivity index (χ2v) is 4.33. The fraction of sp³-hybridized carbons (Fsp3) is 0.143. The van der Waals surface area contributed by atoms with Crippen molar-refractivity contribution < 1.29 is 22.4 Å². The Kier molecular flexibility index (Phi) is 3.93. The van der Waals surface area contributed by atoms with Crippen LogP contribution in [-0.4, -0.2) is 10.9 Å². The predicted octanol–water partition coefficient (Wildman–Crippen LogP) is 3.80. The molecule has 1 heterocycles. The highest BCUT2D eigenvalue weighted by atomic mass is 19.4. The van der Waals surface area contributed by atoms with E-state index in [0.29, 0.717) is 5.56 Å². The number of rotatable bonds is 2. The summed E-state index contributed by atoms with van der Waals surface area (Å²) < 4.78 is 50.8. The van der Waals surface area contributed by atoms with Gasteiger partial charge in [-0.2, -0.15) is 17.6 Å². The summed E-state index contributed by atoms with van der Waals surface area (Å²) >= 11 is 0. The number of hydrogen-bond acceptors (Lipinski definition) is 2. The van der Waals surface area contributed by atoms with Crippen molar-refractivity contribution in [2.45, 2.75) is 13.1 Å². The molecule has 0 saturated heterocycles. The molecule has 110 valence electrons. The van der Waals surface area contributed by atoms with Crippen LogP contribution in [0.4, 0.5) is 23.2 Å². The van der Waals surface area contributed by atoms with Crippen molar-refractivity contribution in [2.75, 3.05) is 5.32 Å². The molecule has 0 aliphatic rings. The molecule has 0 spiro atoms. The number of hydrogen-bond donors (Lipinski definition) is 1. The molecule has 3 nitrogen and oxygen atoms in total. The Balaban J connectivity index is 2.29. The highest BCUT2D eigenvalue weighted by Gasteiger charge is 2.31. The van der Waals surface area contributed by atoms with Crippen LogP contribution >= 0.6 is 0 Å². The Hall–Kier alpha value is -2.44. The first kappa shape index (κ1) is 15.0. The standard InChI is InChI=1S/C14H10F4N2O/c1-8-5-6-9(14(16,17)18)7-11(8)20-13(21)10-3-2-4-12(15)19-10/h2-7H,1H3,(H,20,21). The number of carbonyl (C=O) groups excluding carboxylic acids is 1. The van der Waals surface area contributed by atoms with E-state index in [4.69, 9.17) is 0 Å². The smallest absolute Gasteiger partial charge is 0.320 e. The van der Waals surface area contributed by atoms with Crippen LogP contribution in [0.2, 0.25) is 0 Å². The number of pyridine rings is 1. The van der Waals surface area contributed by atoms with Gasteiger partial charge in [-0.05, 0) is 36.8 Å². The minimum Gasteiger partial charge on any atom is -0.320 e. The molecule has 2 rings (SSSR count). The number of halogens is 4. The Morgan fingerprint density at radius 3 is 2.52 bits per heavy atom. The van der Waals surface area contributed by atoms with Crippen LogP contribution < -0.4 is 5.32 Å². The summed E-state index contributed by atoms with van der Waals surface area (Å²) in [7, 11) is 0. The van der Waals surface area contributed by atoms with Crippen molar-refractivity contribution in [1.29, 1.82) is 0 Å². The molecule has 1 amide bonds. The van der Waals surface area contributed by atoms with Gasteiger partial charge in [0.25, 0.3) is 5.91 Å². The first-order valence-electron chi connectivity index (χ1n) is 5.89. The molecular weight excluding hydrogens is 288 g/mol. The maximum atomic E-state index is 12.9. The molecule has 0 aliphatic heterocycles. The van der Waals surface area contributed by atoms with Crippen molar-refractivity contribution in [3.8, 4) is 0 Å². The van der Waals surface area contributed by atoms with Gasteiger partial charge >= 0.3 is 6.18 Å². The summed E-state index contributed by atoms with van der Waals surface area (Å²) in [5, 5.41) is 2.30. The summed E-state index contributed by atoms with van der Waals surface area (Å²) in [5.41, 5.74) is -0.643. The van der Waals surface area contributed by atoms with E-state index in [1.165, 1.54) is 18.2 Å². The maximum Gasteiger partial charge on any atom is 0.416 e. The normalized spacial score (nSPS) is 11.3. The number of aromatic nitrogens is 1. The Morgan fingerprint density at radius 1 is 1.19 bits per heavy atom. The van der Waals surface area contributed by atoms with Crippen LogP contribution in [0, 0.1) is 12.9 Å². The number of nitrogens with zero attached hydrogens (tertiary/aromatic N) is 1. The highest BCUT2D eigenvalue weighted by molar-refractivity contribution is 6.03. The van der Waals surface area contributed by atoms with E-state index in [0.717, 1.165) is 18.2 Å². The average Bonchev–Trinajstić information content (AvgIpc) is 2.40. The van der Waals surface area contributed by atoms with Crippen LogP contribution in [-0.2, 0) is 6.18 Å². The molecule has 0 bridgehead atoms. The van der Waals surface area contributed by atoms with E-state index in [9.17, 15) is 22.4 Å². The maximum absolute atomic E-state index is 12.9. The van der Waals surface area contributed by atoms with Crippen molar-refractivity contribution in [2.24, 2.45) is 0 Å². The highest BCUT2D eigenvalue weighted by Crippen LogP contribution is 2.32. The van der Waals surface area contributed by atoms with Gasteiger partial charge in [0, 0.05) is 5.69 Å². The van der Waals surface area contributed by atoms with E-state index < -0.39 is 23.6 Å². The summed E-state index contributed by atoms with van der Waals surface area (Å²) in [4.78, 5) is 15.2. The lowest BCUT2D eigenvalue weighted by Gasteiger charge is -2.12. The van der Waals surface area contributed by atoms with E-state index in [-0.39, 0.29) is 11.4 Å². The zero-order valence-corrected chi connectivity index (χ0v) is 10.8. The number of benzene rings is 1. The van der Waals surface area contributed by atoms with Crippen LogP contribution in [0.25, 0.3) is 0 Å². The van der Waals surface area contributed by atoms with Gasteiger partial charge in [0.2, 0.25) is 5.95 Å². The summed E-state index contributed by atoms with van der Waals surface area (Å²) in [6.45, 7) is 1.55. The topological polar surface area (TPSA) is 42.0 Å². The van der Waals surface area contributed by atoms with Crippen molar-refractivity contribution in [3.63, 3.8) is 0 Å². The molecule has 21 heavy (non-hydrogen) atoms. The monoisotopic (exact) mass is 298 g/mol. The van der Waals surface area contributed by atoms with Crippen LogP contribution in [0.5, 0.6) is 0 Å². The fourth-order valence-electron chi connectivity index (χ4n) is 1.65. The number of anilines is 1. The molecule has 2 aromatic rings. The van der Waals surface area contributed by atoms with Gasteiger partial charge < -0.3 is 5.32 Å². The van der Waals surface area contributed by atoms with Gasteiger partial charge in [0.1, 0.15) is 5.69 Å². The summed E-state index contributed by atoms with van der Waals surface area (Å²) in [5.74, 6) is -1.62. The molecule has 0 atom stereocenters. The van der Waals surface area contributed by atoms with Crippen LogP contribution in [0.15, 0.2) is 36.4 Å². The Labute approximate surface area is 117 Å². The third-order valence-electron chi connectivity index (χ3n) is 2.76. The molecule has 0 unspecified atom stereocenters. The molecule has 0 fully saturated rings. The zero-order chi connectivity index (χ0) is 15.6. The number of carbonyl (C=O) groups is 1. The van der Waals surface area contributed by atoms with Gasteiger partial charge in [-0.1, -0.05) is 12.1 Å². The van der Waals surface area contributed by atoms with Crippen molar-refractivity contribution in [3.05, 3.63) is 59.2 Å². The summed E-state index contributed by atoms with van der Waals surface area (Å²) in [6.07, 6.45) is -4.51.